The number of nitrogens with one attached hydrogen (secondary N) is 2. The number of carboxylic acid groups (broad SMARTS) is 1. The Kier molecular flexibility index (Phi) is 30.7. The Morgan fingerprint density at radius 3 is 1.37 bits per heavy atom. The number of aromatic amines is 2. The van der Waals surface area contributed by atoms with E-state index in [1.807, 2.05) is 91.0 Å². The molecule has 0 aliphatic heterocycles. The number of fused-ring (bicyclic) bond motifs is 13. The first-order chi connectivity index (χ1) is 52.6. The van der Waals surface area contributed by atoms with Gasteiger partial charge in [-0.15, -0.1) is 5.10 Å². The quantitative estimate of drug-likeness (QED) is 0.0168. The summed E-state index contributed by atoms with van der Waals surface area (Å²) in [5.41, 5.74) is 19.5. The molecule has 5 aromatic carbocycles. The predicted octanol–water partition coefficient (Wildman–Crippen LogP) is 14.6. The number of halogens is 2. The van der Waals surface area contributed by atoms with Crippen molar-refractivity contribution in [2.75, 3.05) is 5.84 Å². The summed E-state index contributed by atoms with van der Waals surface area (Å²) < 4.78 is 32.0. The number of carbonyl (C=O) groups excluding carboxylic acids is 6. The van der Waals surface area contributed by atoms with Crippen molar-refractivity contribution >= 4 is 131 Å². The largest absolute Gasteiger partial charge is 0.481 e. The molecule has 7 aliphatic carbocycles. The number of hydrogen-bond donors (Lipinski definition) is 4. The number of amides is 1. The van der Waals surface area contributed by atoms with Crippen LogP contribution in [0.15, 0.2) is 141 Å². The standard InChI is InChI=1S/C12H10ClN.C12H10FN.2C12H11NO.C6H6N4.C6H9N3O.C6H9NO.C6H10O2.4C2H4O2.Pb/c2*13-12-10-5-2-1-4-8(10)9-6-3-7-11(9)14-12;2*14-12-10-5-2-1-4-8(10)9-6-3-7-11(9)13-12;7-10-6-4-2-1-3-5(6)8-9-10;7-9-8-6(10)5-3-1-2-4-5;8-5-7-6-3-1-2-4-6;7-6(8)5-3-1-2-4-5;4*1-2(3)4;/h2*1-2,4-5H,3,6-7H2;2*1-2,4-5H,3,6-7H2,(H,13,14);1-4H,7H2;5H,1-4H2;6H,1-4H2;5H,1-4H2,(H,7,8);4*1H3,(H,3,4);/q;;;;;;;;;;;;+4/p-4. The molecule has 109 heavy (non-hydrogen) atoms. The summed E-state index contributed by atoms with van der Waals surface area (Å²) in [5, 5.41) is 27.6. The van der Waals surface area contributed by atoms with Crippen LogP contribution < -0.4 is 17.0 Å². The van der Waals surface area contributed by atoms with Crippen LogP contribution in [0.4, 0.5) is 4.39 Å². The summed E-state index contributed by atoms with van der Waals surface area (Å²) in [6, 6.07) is 39.4. The van der Waals surface area contributed by atoms with Gasteiger partial charge in [-0.05, 0) is 206 Å². The number of aliphatic carboxylic acids is 1. The second kappa shape index (κ2) is 40.5. The van der Waals surface area contributed by atoms with Crippen LogP contribution in [0, 0.1) is 17.8 Å². The van der Waals surface area contributed by atoms with Gasteiger partial charge in [0.15, 0.2) is 0 Å². The summed E-state index contributed by atoms with van der Waals surface area (Å²) in [5.74, 6) is 0.703. The molecule has 0 radical (unpaired) electrons. The van der Waals surface area contributed by atoms with Gasteiger partial charge >= 0.3 is 110 Å². The monoisotopic (exact) mass is 1700 g/mol. The molecule has 5 N–H and O–H groups in total. The summed E-state index contributed by atoms with van der Waals surface area (Å²) in [6.07, 6.45) is 27.4. The molecule has 17 rings (SSSR count). The van der Waals surface area contributed by atoms with Crippen molar-refractivity contribution in [2.45, 2.75) is 188 Å². The first-order valence-corrected chi connectivity index (χ1v) is 43.4. The maximum Gasteiger partial charge on any atom is 0.306 e. The fraction of sp³-hybridized carbons (Fsp3) is 0.388. The van der Waals surface area contributed by atoms with E-state index in [0.29, 0.717) is 16.6 Å². The third-order valence-electron chi connectivity index (χ3n) is 19.3. The zero-order chi connectivity index (χ0) is 78.0. The zero-order valence-corrected chi connectivity index (χ0v) is 66.0. The van der Waals surface area contributed by atoms with Crippen molar-refractivity contribution in [3.05, 3.63) is 209 Å². The van der Waals surface area contributed by atoms with E-state index < -0.39 is 52.8 Å². The van der Waals surface area contributed by atoms with Crippen LogP contribution in [-0.4, -0.2) is 111 Å². The molecule has 1 amide bonds. The Bertz CT molecular complexity index is 4880. The van der Waals surface area contributed by atoms with Gasteiger partial charge in [0.1, 0.15) is 16.2 Å². The molecule has 3 saturated carbocycles. The van der Waals surface area contributed by atoms with Gasteiger partial charge in [-0.2, -0.15) is 9.18 Å². The van der Waals surface area contributed by atoms with Crippen molar-refractivity contribution < 1.29 is 53.8 Å². The number of carbonyl (C=O) groups is 6. The number of nitrogens with zero attached hydrogens (tertiary/aromatic N) is 9. The predicted molar refractivity (Wildman–Crippen MR) is 412 cm³/mol. The summed E-state index contributed by atoms with van der Waals surface area (Å²) in [7, 11) is 0. The van der Waals surface area contributed by atoms with Gasteiger partial charge < -0.3 is 20.9 Å². The molecular formula is C80H88ClFN12O14Pb. The topological polar surface area (TPSA) is 386 Å². The third-order valence-corrected chi connectivity index (χ3v) is 28.0. The van der Waals surface area contributed by atoms with Crippen molar-refractivity contribution in [2.24, 2.45) is 21.9 Å². The van der Waals surface area contributed by atoms with E-state index in [0.717, 1.165) is 210 Å². The molecule has 0 atom stereocenters. The Hall–Kier alpha value is -10.6. The Morgan fingerprint density at radius 1 is 0.541 bits per heavy atom. The molecule has 0 spiro atoms. The maximum atomic E-state index is 13.5. The van der Waals surface area contributed by atoms with Gasteiger partial charge in [-0.25, -0.2) is 19.8 Å². The van der Waals surface area contributed by atoms with Crippen LogP contribution in [-0.2, 0) is 95.7 Å². The number of hydrogen-bond acceptors (Lipinski definition) is 19. The van der Waals surface area contributed by atoms with E-state index in [1.54, 1.807) is 12.1 Å². The van der Waals surface area contributed by atoms with Gasteiger partial charge in [0.05, 0.1) is 12.0 Å². The molecule has 3 fully saturated rings. The molecule has 7 aliphatic rings. The number of aryl methyl sites for hydroxylation is 8. The van der Waals surface area contributed by atoms with E-state index in [9.17, 15) is 47.5 Å². The summed E-state index contributed by atoms with van der Waals surface area (Å²) in [4.78, 5) is 119. The second-order valence-electron chi connectivity index (χ2n) is 27.0. The van der Waals surface area contributed by atoms with Crippen molar-refractivity contribution in [3.8, 4) is 0 Å². The minimum absolute atomic E-state index is 0.0185. The van der Waals surface area contributed by atoms with Crippen molar-refractivity contribution in [3.63, 3.8) is 0 Å². The van der Waals surface area contributed by atoms with Gasteiger partial charge in [-0.3, -0.25) is 19.2 Å². The zero-order valence-electron chi connectivity index (χ0n) is 61.4. The first-order valence-electron chi connectivity index (χ1n) is 36.7. The molecule has 26 nitrogen and oxygen atoms in total. The Labute approximate surface area is 639 Å². The van der Waals surface area contributed by atoms with Crippen LogP contribution in [0.1, 0.15) is 175 Å². The number of para-hydroxylation sites is 1. The summed E-state index contributed by atoms with van der Waals surface area (Å²) >= 11 is 0.702. The number of azide groups is 1. The number of carboxylic acids is 1. The van der Waals surface area contributed by atoms with Gasteiger partial charge in [-0.1, -0.05) is 141 Å². The second-order valence-corrected chi connectivity index (χ2v) is 34.4. The average molecular weight is 1700 g/mol. The van der Waals surface area contributed by atoms with E-state index in [2.05, 4.69) is 80.3 Å². The van der Waals surface area contributed by atoms with Gasteiger partial charge in [0, 0.05) is 55.2 Å². The molecule has 5 heterocycles. The number of isocyanates is 1. The van der Waals surface area contributed by atoms with Gasteiger partial charge in [0.25, 0.3) is 11.1 Å². The van der Waals surface area contributed by atoms with E-state index in [1.165, 1.54) is 70.2 Å². The molecule has 0 unspecified atom stereocenters. The minimum Gasteiger partial charge on any atom is -0.481 e. The number of aliphatic imine (C=N–C) groups is 1. The van der Waals surface area contributed by atoms with Crippen LogP contribution in [0.25, 0.3) is 64.6 Å². The third kappa shape index (κ3) is 23.0. The fourth-order valence-electron chi connectivity index (χ4n) is 14.4. The molecule has 5 aromatic heterocycles. The number of nitrogen functional groups attached to an aromatic ring is 1. The minimum atomic E-state index is -5.43. The summed E-state index contributed by atoms with van der Waals surface area (Å²) in [6.45, 7) is 4.02. The van der Waals surface area contributed by atoms with Crippen LogP contribution in [0.5, 0.6) is 0 Å². The Balaban J connectivity index is 0.000000143. The molecule has 29 heteroatoms. The molecular weight excluding hydrogens is 1610 g/mol. The first kappa shape index (κ1) is 82.4. The maximum absolute atomic E-state index is 13.5. The number of nitrogens with two attached hydrogens (primary N) is 1. The van der Waals surface area contributed by atoms with E-state index >= 15 is 0 Å². The van der Waals surface area contributed by atoms with E-state index in [4.69, 9.17) is 28.1 Å². The van der Waals surface area contributed by atoms with Crippen molar-refractivity contribution in [1.29, 1.82) is 0 Å². The number of pyridine rings is 4. The number of rotatable bonds is 7. The number of benzene rings is 5. The van der Waals surface area contributed by atoms with Gasteiger partial charge in [0.2, 0.25) is 17.9 Å². The number of H-pyrrole nitrogens is 2. The molecule has 10 aromatic rings. The van der Waals surface area contributed by atoms with Crippen LogP contribution in [0.3, 0.4) is 0 Å². The molecule has 570 valence electrons. The molecule has 0 saturated heterocycles. The van der Waals surface area contributed by atoms with Crippen molar-refractivity contribution in [1.82, 2.24) is 35.0 Å². The Morgan fingerprint density at radius 2 is 0.927 bits per heavy atom. The average Bonchev–Trinajstić information content (AvgIpc) is 1.76. The smallest absolute Gasteiger partial charge is 0.306 e. The molecule has 0 bridgehead atoms. The van der Waals surface area contributed by atoms with Crippen LogP contribution in [0.2, 0.25) is 5.15 Å². The van der Waals surface area contributed by atoms with Crippen LogP contribution >= 0.6 is 11.6 Å². The number of aromatic nitrogens is 7. The van der Waals surface area contributed by atoms with E-state index in [-0.39, 0.29) is 34.8 Å². The normalized spacial score (nSPS) is 14.8. The SMILES string of the molecule is CC(=O)[O][Pb]([O]C(C)=O)([O]C(C)=O)[O]C(C)=O.Clc1nc2c(c3ccccc13)CCC2.Fc1nc2c(c3ccccc13)CCC2.Nn1nnc2ccccc21.O=C(O)C1CCCC1.O=C=NC1CCCC1.O=c1[nH]c2c(c3ccccc13)CCC2.O=c1[nH]c2c(c3ccccc13)CCC2.[N-]=[N+]=NC(=O)C1CCCC1. The fourth-order valence-corrected chi connectivity index (χ4v) is 21.2.